The summed E-state index contributed by atoms with van der Waals surface area (Å²) >= 11 is 0. The highest BCUT2D eigenvalue weighted by Gasteiger charge is 2.24. The number of amides is 1. The molecule has 1 saturated heterocycles. The Labute approximate surface area is 168 Å². The molecule has 0 radical (unpaired) electrons. The number of nitrogens with one attached hydrogen (secondary N) is 1. The van der Waals surface area contributed by atoms with Gasteiger partial charge in [0.15, 0.2) is 0 Å². The summed E-state index contributed by atoms with van der Waals surface area (Å²) in [5.74, 6) is 0.129. The van der Waals surface area contributed by atoms with E-state index in [1.807, 2.05) is 28.9 Å². The first kappa shape index (κ1) is 17.6. The minimum Gasteiger partial charge on any atom is -0.380 e. The predicted octanol–water partition coefficient (Wildman–Crippen LogP) is 3.22. The maximum atomic E-state index is 11.6. The van der Waals surface area contributed by atoms with Gasteiger partial charge in [0.2, 0.25) is 5.91 Å². The zero-order valence-electron chi connectivity index (χ0n) is 16.5. The molecule has 1 N–H and O–H groups in total. The molecule has 5 rings (SSSR count). The SMILES string of the molecule is CC(=O)N1CC[C@H](Nc2cc(-c3ccc4cnn(C)c4c3)c3nccnc3c2)C1. The van der Waals surface area contributed by atoms with Gasteiger partial charge in [-0.1, -0.05) is 12.1 Å². The summed E-state index contributed by atoms with van der Waals surface area (Å²) < 4.78 is 1.88. The summed E-state index contributed by atoms with van der Waals surface area (Å²) in [5, 5.41) is 9.04. The number of rotatable bonds is 3. The molecule has 7 nitrogen and oxygen atoms in total. The van der Waals surface area contributed by atoms with E-state index in [1.54, 1.807) is 19.3 Å². The maximum Gasteiger partial charge on any atom is 0.219 e. The largest absolute Gasteiger partial charge is 0.380 e. The van der Waals surface area contributed by atoms with Crippen molar-refractivity contribution in [1.29, 1.82) is 0 Å². The number of likely N-dealkylation sites (tertiary alicyclic amines) is 1. The molecule has 1 amide bonds. The van der Waals surface area contributed by atoms with Gasteiger partial charge in [-0.2, -0.15) is 5.10 Å². The van der Waals surface area contributed by atoms with E-state index in [0.29, 0.717) is 0 Å². The quantitative estimate of drug-likeness (QED) is 0.585. The Balaban J connectivity index is 1.57. The van der Waals surface area contributed by atoms with E-state index in [0.717, 1.165) is 58.3 Å². The van der Waals surface area contributed by atoms with E-state index in [2.05, 4.69) is 44.6 Å². The molecule has 146 valence electrons. The molecule has 7 heteroatoms. The van der Waals surface area contributed by atoms with Gasteiger partial charge in [-0.05, 0) is 30.2 Å². The van der Waals surface area contributed by atoms with Gasteiger partial charge in [-0.15, -0.1) is 0 Å². The van der Waals surface area contributed by atoms with Crippen molar-refractivity contribution in [3.63, 3.8) is 0 Å². The lowest BCUT2D eigenvalue weighted by Gasteiger charge is -2.17. The van der Waals surface area contributed by atoms with Crippen molar-refractivity contribution < 1.29 is 4.79 Å². The molecule has 1 fully saturated rings. The molecule has 1 aliphatic rings. The molecule has 2 aromatic heterocycles. The molecule has 0 aliphatic carbocycles. The zero-order chi connectivity index (χ0) is 20.0. The number of benzene rings is 2. The van der Waals surface area contributed by atoms with Crippen molar-refractivity contribution in [2.45, 2.75) is 19.4 Å². The zero-order valence-corrected chi connectivity index (χ0v) is 16.5. The molecule has 0 bridgehead atoms. The molecule has 2 aromatic carbocycles. The minimum absolute atomic E-state index is 0.129. The average Bonchev–Trinajstić information content (AvgIpc) is 3.34. The number of aryl methyl sites for hydroxylation is 1. The second-order valence-corrected chi connectivity index (χ2v) is 7.58. The second kappa shape index (κ2) is 6.84. The minimum atomic E-state index is 0.129. The standard InChI is InChI=1S/C22H22N6O/c1-14(29)28-8-5-17(13-28)26-18-10-19(22-20(11-18)23-6-7-24-22)15-3-4-16-12-25-27(2)21(16)9-15/h3-4,6-7,9-12,17,26H,5,8,13H2,1-2H3/t17-/m0/s1. The topological polar surface area (TPSA) is 75.9 Å². The summed E-state index contributed by atoms with van der Waals surface area (Å²) in [6.45, 7) is 3.15. The Morgan fingerprint density at radius 2 is 2.03 bits per heavy atom. The number of anilines is 1. The fraction of sp³-hybridized carbons (Fsp3) is 0.273. The van der Waals surface area contributed by atoms with Crippen molar-refractivity contribution in [1.82, 2.24) is 24.6 Å². The van der Waals surface area contributed by atoms with Crippen LogP contribution < -0.4 is 5.32 Å². The molecular formula is C22H22N6O. The number of hydrogen-bond donors (Lipinski definition) is 1. The summed E-state index contributed by atoms with van der Waals surface area (Å²) in [4.78, 5) is 22.6. The van der Waals surface area contributed by atoms with Gasteiger partial charge in [0.05, 0.1) is 22.7 Å². The van der Waals surface area contributed by atoms with E-state index >= 15 is 0 Å². The van der Waals surface area contributed by atoms with Crippen molar-refractivity contribution in [3.8, 4) is 11.1 Å². The normalized spacial score (nSPS) is 16.6. The summed E-state index contributed by atoms with van der Waals surface area (Å²) in [7, 11) is 1.95. The first-order valence-corrected chi connectivity index (χ1v) is 9.77. The van der Waals surface area contributed by atoms with Crippen molar-refractivity contribution in [2.75, 3.05) is 18.4 Å². The van der Waals surface area contributed by atoms with Crippen LogP contribution in [-0.4, -0.2) is 49.7 Å². The third-order valence-corrected chi connectivity index (χ3v) is 5.64. The molecule has 0 unspecified atom stereocenters. The number of fused-ring (bicyclic) bond motifs is 2. The van der Waals surface area contributed by atoms with Crippen molar-refractivity contribution in [3.05, 3.63) is 48.9 Å². The average molecular weight is 386 g/mol. The van der Waals surface area contributed by atoms with Crippen LogP contribution in [0.3, 0.4) is 0 Å². The number of carbonyl (C=O) groups excluding carboxylic acids is 1. The van der Waals surface area contributed by atoms with Gasteiger partial charge < -0.3 is 10.2 Å². The van der Waals surface area contributed by atoms with Gasteiger partial charge in [0.1, 0.15) is 0 Å². The van der Waals surface area contributed by atoms with E-state index in [1.165, 1.54) is 0 Å². The fourth-order valence-electron chi connectivity index (χ4n) is 4.09. The Kier molecular flexibility index (Phi) is 4.16. The van der Waals surface area contributed by atoms with Crippen molar-refractivity contribution in [2.24, 2.45) is 7.05 Å². The summed E-state index contributed by atoms with van der Waals surface area (Å²) in [6.07, 6.45) is 6.25. The molecule has 0 spiro atoms. The summed E-state index contributed by atoms with van der Waals surface area (Å²) in [5.41, 5.74) is 5.89. The van der Waals surface area contributed by atoms with Gasteiger partial charge in [0.25, 0.3) is 0 Å². The first-order chi connectivity index (χ1) is 14.1. The van der Waals surface area contributed by atoms with Crippen molar-refractivity contribution >= 4 is 33.5 Å². The van der Waals surface area contributed by atoms with Gasteiger partial charge >= 0.3 is 0 Å². The van der Waals surface area contributed by atoms with Gasteiger partial charge in [-0.3, -0.25) is 19.4 Å². The first-order valence-electron chi connectivity index (χ1n) is 9.77. The number of nitrogens with zero attached hydrogens (tertiary/aromatic N) is 5. The van der Waals surface area contributed by atoms with E-state index in [-0.39, 0.29) is 11.9 Å². The van der Waals surface area contributed by atoms with Crippen LogP contribution in [0, 0.1) is 0 Å². The van der Waals surface area contributed by atoms with Crippen LogP contribution in [-0.2, 0) is 11.8 Å². The smallest absolute Gasteiger partial charge is 0.219 e. The van der Waals surface area contributed by atoms with Crippen LogP contribution in [0.5, 0.6) is 0 Å². The van der Waals surface area contributed by atoms with E-state index < -0.39 is 0 Å². The van der Waals surface area contributed by atoms with Crippen LogP contribution in [0.25, 0.3) is 33.1 Å². The van der Waals surface area contributed by atoms with E-state index in [4.69, 9.17) is 0 Å². The lowest BCUT2D eigenvalue weighted by molar-refractivity contribution is -0.127. The Hall–Kier alpha value is -3.48. The van der Waals surface area contributed by atoms with Crippen LogP contribution in [0.2, 0.25) is 0 Å². The Morgan fingerprint density at radius 1 is 1.17 bits per heavy atom. The molecule has 3 heterocycles. The molecular weight excluding hydrogens is 364 g/mol. The monoisotopic (exact) mass is 386 g/mol. The maximum absolute atomic E-state index is 11.6. The third kappa shape index (κ3) is 3.18. The molecule has 0 saturated carbocycles. The van der Waals surface area contributed by atoms with Crippen LogP contribution in [0.4, 0.5) is 5.69 Å². The Morgan fingerprint density at radius 3 is 2.86 bits per heavy atom. The molecule has 29 heavy (non-hydrogen) atoms. The number of aromatic nitrogens is 4. The van der Waals surface area contributed by atoms with Gasteiger partial charge in [0, 0.05) is 62.1 Å². The highest BCUT2D eigenvalue weighted by molar-refractivity contribution is 5.96. The molecule has 1 aliphatic heterocycles. The predicted molar refractivity (Wildman–Crippen MR) is 114 cm³/mol. The molecule has 4 aromatic rings. The van der Waals surface area contributed by atoms with Gasteiger partial charge in [-0.25, -0.2) is 0 Å². The summed E-state index contributed by atoms with van der Waals surface area (Å²) in [6, 6.07) is 10.7. The highest BCUT2D eigenvalue weighted by atomic mass is 16.2. The number of hydrogen-bond acceptors (Lipinski definition) is 5. The lowest BCUT2D eigenvalue weighted by Crippen LogP contribution is -2.29. The second-order valence-electron chi connectivity index (χ2n) is 7.58. The van der Waals surface area contributed by atoms with Crippen LogP contribution >= 0.6 is 0 Å². The van der Waals surface area contributed by atoms with Crippen LogP contribution in [0.1, 0.15) is 13.3 Å². The Bertz CT molecular complexity index is 1230. The van der Waals surface area contributed by atoms with Crippen LogP contribution in [0.15, 0.2) is 48.9 Å². The lowest BCUT2D eigenvalue weighted by atomic mass is 10.0. The highest BCUT2D eigenvalue weighted by Crippen LogP contribution is 2.32. The fourth-order valence-corrected chi connectivity index (χ4v) is 4.09. The van der Waals surface area contributed by atoms with E-state index in [9.17, 15) is 4.79 Å². The molecule has 1 atom stereocenters. The number of carbonyl (C=O) groups is 1. The third-order valence-electron chi connectivity index (χ3n) is 5.64.